The smallest absolute Gasteiger partial charge is 0.133 e. The lowest BCUT2D eigenvalue weighted by atomic mass is 9.44. The molecule has 0 saturated heterocycles. The van der Waals surface area contributed by atoms with Crippen LogP contribution >= 0.6 is 0 Å². The third-order valence-corrected chi connectivity index (χ3v) is 9.19. The number of hydrogen-bond acceptors (Lipinski definition) is 2. The van der Waals surface area contributed by atoms with Crippen LogP contribution in [0.3, 0.4) is 0 Å². The van der Waals surface area contributed by atoms with Crippen molar-refractivity contribution in [2.75, 3.05) is 0 Å². The van der Waals surface area contributed by atoms with E-state index in [0.29, 0.717) is 28.6 Å². The van der Waals surface area contributed by atoms with Gasteiger partial charge >= 0.3 is 0 Å². The zero-order valence-electron chi connectivity index (χ0n) is 15.3. The second-order valence-electron chi connectivity index (χ2n) is 9.99. The van der Waals surface area contributed by atoms with Gasteiger partial charge in [0.1, 0.15) is 5.78 Å². The van der Waals surface area contributed by atoms with Crippen LogP contribution in [0, 0.1) is 40.4 Å². The van der Waals surface area contributed by atoms with Gasteiger partial charge in [0.2, 0.25) is 0 Å². The fraction of sp³-hybridized carbons (Fsp3) is 0.952. The molecule has 0 amide bonds. The van der Waals surface area contributed by atoms with Crippen LogP contribution in [0.15, 0.2) is 0 Å². The maximum Gasteiger partial charge on any atom is 0.133 e. The number of fused-ring (bicyclic) bond motifs is 5. The number of nitrogens with two attached hydrogens (primary N) is 1. The lowest BCUT2D eigenvalue weighted by Gasteiger charge is -2.60. The summed E-state index contributed by atoms with van der Waals surface area (Å²) in [5.41, 5.74) is 7.31. The lowest BCUT2D eigenvalue weighted by molar-refractivity contribution is -0.139. The summed E-state index contributed by atoms with van der Waals surface area (Å²) in [5, 5.41) is 0. The summed E-state index contributed by atoms with van der Waals surface area (Å²) in [7, 11) is 0. The second kappa shape index (κ2) is 5.31. The molecular weight excluding hydrogens is 282 g/mol. The molecule has 0 aromatic rings. The minimum atomic E-state index is 0.348. The summed E-state index contributed by atoms with van der Waals surface area (Å²) in [4.78, 5) is 12.0. The minimum Gasteiger partial charge on any atom is -0.328 e. The van der Waals surface area contributed by atoms with Gasteiger partial charge in [0.15, 0.2) is 0 Å². The zero-order valence-corrected chi connectivity index (χ0v) is 15.3. The fourth-order valence-corrected chi connectivity index (χ4v) is 7.95. The second-order valence-corrected chi connectivity index (χ2v) is 9.99. The summed E-state index contributed by atoms with van der Waals surface area (Å²) >= 11 is 0. The molecule has 0 aromatic heterocycles. The predicted octanol–water partition coefficient (Wildman–Crippen LogP) is 4.56. The summed E-state index contributed by atoms with van der Waals surface area (Å²) in [5.74, 6) is 4.62. The monoisotopic (exact) mass is 317 g/mol. The van der Waals surface area contributed by atoms with Crippen LogP contribution < -0.4 is 5.73 Å². The number of carbonyl (C=O) groups excluding carboxylic acids is 1. The molecule has 4 rings (SSSR count). The molecule has 4 fully saturated rings. The molecule has 4 aliphatic rings. The van der Waals surface area contributed by atoms with Crippen molar-refractivity contribution in [2.45, 2.75) is 84.6 Å². The topological polar surface area (TPSA) is 43.1 Å². The molecule has 0 radical (unpaired) electrons. The first-order chi connectivity index (χ1) is 10.9. The molecule has 130 valence electrons. The van der Waals surface area contributed by atoms with E-state index in [1.807, 2.05) is 0 Å². The standard InChI is InChI=1S/C21H35NO/c1-13(22)17-6-7-18-16-5-4-14-12-15(23)8-10-20(14,2)19(16)9-11-21(17,18)3/h13-14,16-19H,4-12,22H2,1-3H3. The van der Waals surface area contributed by atoms with Crippen molar-refractivity contribution < 1.29 is 4.79 Å². The molecule has 0 aliphatic heterocycles. The van der Waals surface area contributed by atoms with Crippen LogP contribution in [0.25, 0.3) is 0 Å². The Labute approximate surface area is 142 Å². The van der Waals surface area contributed by atoms with Crippen molar-refractivity contribution in [3.05, 3.63) is 0 Å². The first-order valence-electron chi connectivity index (χ1n) is 10.1. The van der Waals surface area contributed by atoms with Gasteiger partial charge in [-0.05, 0) is 92.3 Å². The Morgan fingerprint density at radius 2 is 1.74 bits per heavy atom. The Bertz CT molecular complexity index is 500. The average Bonchev–Trinajstić information content (AvgIpc) is 2.85. The zero-order chi connectivity index (χ0) is 16.4. The normalized spacial score (nSPS) is 54.1. The number of hydrogen-bond donors (Lipinski definition) is 1. The van der Waals surface area contributed by atoms with Crippen molar-refractivity contribution in [3.63, 3.8) is 0 Å². The van der Waals surface area contributed by atoms with Crippen molar-refractivity contribution in [3.8, 4) is 0 Å². The molecule has 0 aromatic carbocycles. The fourth-order valence-electron chi connectivity index (χ4n) is 7.95. The summed E-state index contributed by atoms with van der Waals surface area (Å²) in [6.45, 7) is 7.34. The van der Waals surface area contributed by atoms with Crippen LogP contribution in [0.4, 0.5) is 0 Å². The molecule has 8 unspecified atom stereocenters. The Hall–Kier alpha value is -0.370. The molecule has 2 nitrogen and oxygen atoms in total. The van der Waals surface area contributed by atoms with Gasteiger partial charge in [0.05, 0.1) is 0 Å². The lowest BCUT2D eigenvalue weighted by Crippen LogP contribution is -2.54. The van der Waals surface area contributed by atoms with Gasteiger partial charge in [-0.25, -0.2) is 0 Å². The van der Waals surface area contributed by atoms with Gasteiger partial charge in [-0.1, -0.05) is 13.8 Å². The third-order valence-electron chi connectivity index (χ3n) is 9.19. The Morgan fingerprint density at radius 3 is 2.48 bits per heavy atom. The highest BCUT2D eigenvalue weighted by Gasteiger charge is 2.60. The molecule has 2 heteroatoms. The van der Waals surface area contributed by atoms with Gasteiger partial charge in [-0.15, -0.1) is 0 Å². The SMILES string of the molecule is CC(N)C1CCC2C3CCC4CC(=O)CCC4(C)C3CCC12C. The number of carbonyl (C=O) groups is 1. The number of ketones is 1. The molecule has 4 saturated carbocycles. The summed E-state index contributed by atoms with van der Waals surface area (Å²) in [6, 6.07) is 0.348. The quantitative estimate of drug-likeness (QED) is 0.770. The first kappa shape index (κ1) is 16.1. The van der Waals surface area contributed by atoms with E-state index in [0.717, 1.165) is 42.9 Å². The van der Waals surface area contributed by atoms with Crippen LogP contribution in [-0.4, -0.2) is 11.8 Å². The molecule has 0 bridgehead atoms. The van der Waals surface area contributed by atoms with E-state index in [1.165, 1.54) is 38.5 Å². The van der Waals surface area contributed by atoms with Crippen molar-refractivity contribution in [2.24, 2.45) is 46.2 Å². The van der Waals surface area contributed by atoms with E-state index >= 15 is 0 Å². The highest BCUT2D eigenvalue weighted by atomic mass is 16.1. The summed E-state index contributed by atoms with van der Waals surface area (Å²) in [6.07, 6.45) is 11.1. The third kappa shape index (κ3) is 2.19. The minimum absolute atomic E-state index is 0.348. The van der Waals surface area contributed by atoms with Gasteiger partial charge < -0.3 is 5.73 Å². The number of Topliss-reactive ketones (excluding diaryl/α,β-unsaturated/α-hetero) is 1. The molecule has 0 spiro atoms. The molecular formula is C21H35NO. The van der Waals surface area contributed by atoms with E-state index in [2.05, 4.69) is 20.8 Å². The molecule has 2 N–H and O–H groups in total. The molecule has 23 heavy (non-hydrogen) atoms. The Morgan fingerprint density at radius 1 is 1.00 bits per heavy atom. The van der Waals surface area contributed by atoms with Gasteiger partial charge in [-0.3, -0.25) is 4.79 Å². The van der Waals surface area contributed by atoms with Crippen molar-refractivity contribution in [1.82, 2.24) is 0 Å². The molecule has 8 atom stereocenters. The predicted molar refractivity (Wildman–Crippen MR) is 93.9 cm³/mol. The van der Waals surface area contributed by atoms with E-state index in [1.54, 1.807) is 0 Å². The molecule has 4 aliphatic carbocycles. The van der Waals surface area contributed by atoms with E-state index in [-0.39, 0.29) is 0 Å². The van der Waals surface area contributed by atoms with Crippen LogP contribution in [0.1, 0.15) is 78.6 Å². The first-order valence-corrected chi connectivity index (χ1v) is 10.1. The number of rotatable bonds is 1. The molecule has 0 heterocycles. The van der Waals surface area contributed by atoms with Gasteiger partial charge in [0.25, 0.3) is 0 Å². The van der Waals surface area contributed by atoms with E-state index in [9.17, 15) is 4.79 Å². The van der Waals surface area contributed by atoms with Crippen LogP contribution in [-0.2, 0) is 4.79 Å². The summed E-state index contributed by atoms with van der Waals surface area (Å²) < 4.78 is 0. The van der Waals surface area contributed by atoms with Gasteiger partial charge in [-0.2, -0.15) is 0 Å². The maximum atomic E-state index is 12.0. The highest BCUT2D eigenvalue weighted by molar-refractivity contribution is 5.79. The van der Waals surface area contributed by atoms with E-state index in [4.69, 9.17) is 5.73 Å². The van der Waals surface area contributed by atoms with Crippen molar-refractivity contribution in [1.29, 1.82) is 0 Å². The van der Waals surface area contributed by atoms with Crippen LogP contribution in [0.5, 0.6) is 0 Å². The largest absolute Gasteiger partial charge is 0.328 e. The van der Waals surface area contributed by atoms with Crippen LogP contribution in [0.2, 0.25) is 0 Å². The highest BCUT2D eigenvalue weighted by Crippen LogP contribution is 2.67. The Kier molecular flexibility index (Phi) is 3.72. The van der Waals surface area contributed by atoms with Gasteiger partial charge in [0, 0.05) is 18.9 Å². The average molecular weight is 318 g/mol. The maximum absolute atomic E-state index is 12.0. The van der Waals surface area contributed by atoms with Crippen molar-refractivity contribution >= 4 is 5.78 Å². The Balaban J connectivity index is 1.61. The van der Waals surface area contributed by atoms with E-state index < -0.39 is 0 Å².